The fourth-order valence-corrected chi connectivity index (χ4v) is 6.62. The summed E-state index contributed by atoms with van der Waals surface area (Å²) in [7, 11) is 0. The van der Waals surface area contributed by atoms with Crippen molar-refractivity contribution in [1.82, 2.24) is 14.9 Å². The predicted molar refractivity (Wildman–Crippen MR) is 184 cm³/mol. The number of carboxylic acid groups (broad SMARTS) is 1. The fraction of sp³-hybridized carbons (Fsp3) is 0.486. The van der Waals surface area contributed by atoms with E-state index in [2.05, 4.69) is 20.6 Å². The Morgan fingerprint density at radius 3 is 2.29 bits per heavy atom. The average Bonchev–Trinajstić information content (AvgIpc) is 2.97. The van der Waals surface area contributed by atoms with Crippen molar-refractivity contribution in [1.29, 1.82) is 0 Å². The molecule has 2 aromatic heterocycles. The number of fused-ring (bicyclic) bond motifs is 2. The molecule has 2 fully saturated rings. The number of anilines is 3. The first-order valence-corrected chi connectivity index (χ1v) is 16.5. The molecule has 3 aromatic rings. The molecule has 4 amide bonds. The smallest absolute Gasteiger partial charge is 0.413 e. The highest BCUT2D eigenvalue weighted by molar-refractivity contribution is 6.05. The largest absolute Gasteiger partial charge is 0.474 e. The zero-order valence-corrected chi connectivity index (χ0v) is 29.5. The highest BCUT2D eigenvalue weighted by Gasteiger charge is 2.55. The number of pyridine rings is 2. The predicted octanol–water partition coefficient (Wildman–Crippen LogP) is 6.92. The number of benzene rings is 1. The van der Waals surface area contributed by atoms with E-state index in [1.54, 1.807) is 32.6 Å². The van der Waals surface area contributed by atoms with E-state index < -0.39 is 35.3 Å². The Labute approximate surface area is 293 Å². The van der Waals surface area contributed by atoms with E-state index in [9.17, 15) is 24.3 Å². The van der Waals surface area contributed by atoms with Crippen LogP contribution < -0.4 is 20.3 Å². The minimum atomic E-state index is -1.21. The molecular weight excluding hydrogens is 667 g/mol. The highest BCUT2D eigenvalue weighted by Crippen LogP contribution is 2.50. The highest BCUT2D eigenvalue weighted by atomic mass is 19.1. The standard InChI is InChI=1S/C35H41FN6O9/c1-18-22(14-38-28-27(18)42(31(45)46)8-9-48-28)21-10-19-11-24(37-15-23(19)26(25(21)36)40-30(44)50-33(2,3)4)39-29(43)49-20-12-35(13-20)16-41(17-35)32(47)51-34(5,6)7/h10-11,14-15,20H,8-9,12-13,16-17H2,1-7H3,(H,40,44)(H,45,46)(H,37,39,43). The number of aromatic nitrogens is 2. The third-order valence-electron chi connectivity index (χ3n) is 8.73. The van der Waals surface area contributed by atoms with Gasteiger partial charge in [0, 0.05) is 47.4 Å². The first kappa shape index (κ1) is 35.4. The van der Waals surface area contributed by atoms with E-state index in [1.165, 1.54) is 24.5 Å². The minimum Gasteiger partial charge on any atom is -0.474 e. The van der Waals surface area contributed by atoms with Gasteiger partial charge >= 0.3 is 24.4 Å². The van der Waals surface area contributed by atoms with Crippen LogP contribution in [0.5, 0.6) is 5.88 Å². The van der Waals surface area contributed by atoms with Gasteiger partial charge in [-0.05, 0) is 84.4 Å². The van der Waals surface area contributed by atoms with Crippen LogP contribution in [0.1, 0.15) is 59.9 Å². The fourth-order valence-electron chi connectivity index (χ4n) is 6.62. The SMILES string of the molecule is Cc1c(-c2cc3cc(NC(=O)OC4CC5(C4)CN(C(=O)OC(C)(C)C)C5)ncc3c(NC(=O)OC(C)(C)C)c2F)cnc2c1N(C(=O)O)CCO2. The number of likely N-dealkylation sites (tertiary alicyclic amines) is 1. The Morgan fingerprint density at radius 2 is 1.65 bits per heavy atom. The van der Waals surface area contributed by atoms with E-state index in [1.807, 2.05) is 20.8 Å². The third-order valence-corrected chi connectivity index (χ3v) is 8.73. The Bertz CT molecular complexity index is 1930. The van der Waals surface area contributed by atoms with Crippen LogP contribution in [0.15, 0.2) is 24.5 Å². The van der Waals surface area contributed by atoms with Crippen molar-refractivity contribution >= 4 is 52.3 Å². The molecule has 0 atom stereocenters. The summed E-state index contributed by atoms with van der Waals surface area (Å²) in [4.78, 5) is 61.4. The molecule has 272 valence electrons. The molecule has 3 aliphatic rings. The van der Waals surface area contributed by atoms with Gasteiger partial charge in [0.15, 0.2) is 5.82 Å². The number of hydrogen-bond donors (Lipinski definition) is 3. The van der Waals surface area contributed by atoms with Gasteiger partial charge in [0.2, 0.25) is 5.88 Å². The molecule has 6 rings (SSSR count). The van der Waals surface area contributed by atoms with E-state index in [0.717, 1.165) is 4.90 Å². The number of carbonyl (C=O) groups excluding carboxylic acids is 3. The molecule has 0 radical (unpaired) electrons. The number of rotatable bonds is 4. The maximum Gasteiger partial charge on any atom is 0.413 e. The average molecular weight is 709 g/mol. The summed E-state index contributed by atoms with van der Waals surface area (Å²) in [5.41, 5.74) is -0.967. The number of carbonyl (C=O) groups is 4. The van der Waals surface area contributed by atoms with E-state index in [-0.39, 0.29) is 70.3 Å². The number of ether oxygens (including phenoxy) is 4. The number of nitrogens with zero attached hydrogens (tertiary/aromatic N) is 4. The van der Waals surface area contributed by atoms with Crippen molar-refractivity contribution in [3.8, 4) is 17.0 Å². The molecule has 15 nitrogen and oxygen atoms in total. The van der Waals surface area contributed by atoms with E-state index in [4.69, 9.17) is 18.9 Å². The van der Waals surface area contributed by atoms with Crippen molar-refractivity contribution in [3.63, 3.8) is 0 Å². The van der Waals surface area contributed by atoms with Crippen LogP contribution in [-0.2, 0) is 14.2 Å². The van der Waals surface area contributed by atoms with Gasteiger partial charge in [0.25, 0.3) is 0 Å². The lowest BCUT2D eigenvalue weighted by Crippen LogP contribution is -2.66. The summed E-state index contributed by atoms with van der Waals surface area (Å²) in [5, 5.41) is 15.5. The molecule has 0 bridgehead atoms. The lowest BCUT2D eigenvalue weighted by Gasteiger charge is -2.57. The second-order valence-corrected chi connectivity index (χ2v) is 15.2. The van der Waals surface area contributed by atoms with Crippen molar-refractivity contribution in [2.45, 2.75) is 78.6 Å². The number of nitrogens with one attached hydrogen (secondary N) is 2. The van der Waals surface area contributed by atoms with Gasteiger partial charge in [-0.15, -0.1) is 0 Å². The lowest BCUT2D eigenvalue weighted by molar-refractivity contribution is -0.125. The van der Waals surface area contributed by atoms with Gasteiger partial charge in [-0.1, -0.05) is 0 Å². The van der Waals surface area contributed by atoms with Gasteiger partial charge in [-0.2, -0.15) is 0 Å². The molecular formula is C35H41FN6O9. The molecule has 51 heavy (non-hydrogen) atoms. The Kier molecular flexibility index (Phi) is 8.84. The van der Waals surface area contributed by atoms with Crippen LogP contribution in [-0.4, -0.2) is 87.9 Å². The number of halogens is 1. The van der Waals surface area contributed by atoms with Crippen LogP contribution >= 0.6 is 0 Å². The molecule has 1 saturated carbocycles. The first-order valence-electron chi connectivity index (χ1n) is 16.5. The first-order chi connectivity index (χ1) is 23.8. The van der Waals surface area contributed by atoms with Crippen LogP contribution in [0.4, 0.5) is 40.8 Å². The summed E-state index contributed by atoms with van der Waals surface area (Å²) in [6.45, 7) is 13.3. The van der Waals surface area contributed by atoms with Crippen LogP contribution in [0.25, 0.3) is 21.9 Å². The number of hydrogen-bond acceptors (Lipinski definition) is 10. The summed E-state index contributed by atoms with van der Waals surface area (Å²) in [5.74, 6) is -0.630. The van der Waals surface area contributed by atoms with Crippen LogP contribution in [0, 0.1) is 18.2 Å². The van der Waals surface area contributed by atoms with Gasteiger partial charge in [0.05, 0.1) is 12.2 Å². The summed E-state index contributed by atoms with van der Waals surface area (Å²) in [6.07, 6.45) is 0.328. The molecule has 1 aromatic carbocycles. The van der Waals surface area contributed by atoms with Crippen molar-refractivity contribution in [2.75, 3.05) is 41.8 Å². The summed E-state index contributed by atoms with van der Waals surface area (Å²) >= 11 is 0. The summed E-state index contributed by atoms with van der Waals surface area (Å²) < 4.78 is 38.5. The Balaban J connectivity index is 1.24. The van der Waals surface area contributed by atoms with E-state index >= 15 is 4.39 Å². The Morgan fingerprint density at radius 1 is 0.961 bits per heavy atom. The molecule has 1 aliphatic carbocycles. The Hall–Kier alpha value is -5.41. The number of amides is 4. The molecule has 4 heterocycles. The van der Waals surface area contributed by atoms with Gasteiger partial charge in [-0.3, -0.25) is 15.5 Å². The molecule has 0 unspecified atom stereocenters. The zero-order valence-electron chi connectivity index (χ0n) is 29.5. The van der Waals surface area contributed by atoms with Gasteiger partial charge in [0.1, 0.15) is 35.4 Å². The molecule has 2 aliphatic heterocycles. The maximum atomic E-state index is 16.5. The van der Waals surface area contributed by atoms with Gasteiger partial charge in [-0.25, -0.2) is 33.5 Å². The topological polar surface area (TPSA) is 182 Å². The van der Waals surface area contributed by atoms with Crippen molar-refractivity contribution in [3.05, 3.63) is 35.9 Å². The lowest BCUT2D eigenvalue weighted by atomic mass is 9.62. The monoisotopic (exact) mass is 708 g/mol. The second-order valence-electron chi connectivity index (χ2n) is 15.2. The molecule has 1 saturated heterocycles. The normalized spacial score (nSPS) is 16.7. The molecule has 16 heteroatoms. The minimum absolute atomic E-state index is 0.00214. The zero-order chi connectivity index (χ0) is 37.0. The van der Waals surface area contributed by atoms with Crippen LogP contribution in [0.2, 0.25) is 0 Å². The second kappa shape index (κ2) is 12.7. The van der Waals surface area contributed by atoms with Crippen molar-refractivity contribution < 1.29 is 47.6 Å². The maximum absolute atomic E-state index is 16.5. The summed E-state index contributed by atoms with van der Waals surface area (Å²) in [6, 6.07) is 3.00. The van der Waals surface area contributed by atoms with Gasteiger partial charge < -0.3 is 29.0 Å². The van der Waals surface area contributed by atoms with E-state index in [0.29, 0.717) is 36.9 Å². The molecule has 3 N–H and O–H groups in total. The van der Waals surface area contributed by atoms with Crippen LogP contribution in [0.3, 0.4) is 0 Å². The molecule has 1 spiro atoms. The third kappa shape index (κ3) is 7.39. The quantitative estimate of drug-likeness (QED) is 0.239. The van der Waals surface area contributed by atoms with Crippen molar-refractivity contribution in [2.24, 2.45) is 5.41 Å².